The van der Waals surface area contributed by atoms with E-state index in [4.69, 9.17) is 0 Å². The zero-order valence-electron chi connectivity index (χ0n) is 12.0. The molecule has 0 bridgehead atoms. The van der Waals surface area contributed by atoms with Gasteiger partial charge in [-0.3, -0.25) is 0 Å². The Morgan fingerprint density at radius 2 is 1.62 bits per heavy atom. The molecule has 0 aromatic heterocycles. The molecule has 3 aromatic rings. The van der Waals surface area contributed by atoms with Crippen LogP contribution in [0.1, 0.15) is 17.2 Å². The third-order valence-corrected chi connectivity index (χ3v) is 4.90. The lowest BCUT2D eigenvalue weighted by Crippen LogP contribution is -2.00. The molecule has 0 radical (unpaired) electrons. The molecule has 0 heterocycles. The van der Waals surface area contributed by atoms with E-state index in [0.717, 1.165) is 5.56 Å². The topological polar surface area (TPSA) is 20.2 Å². The number of aliphatic hydroxyl groups excluding tert-OH is 1. The molecule has 0 saturated heterocycles. The third-order valence-electron chi connectivity index (χ3n) is 3.65. The molecule has 0 spiro atoms. The molecule has 1 atom stereocenters. The minimum Gasteiger partial charge on any atom is -0.388 e. The van der Waals surface area contributed by atoms with Crippen molar-refractivity contribution in [3.05, 3.63) is 77.9 Å². The molecule has 0 aliphatic carbocycles. The fourth-order valence-electron chi connectivity index (χ4n) is 2.40. The molecule has 3 aromatic carbocycles. The van der Waals surface area contributed by atoms with Crippen molar-refractivity contribution >= 4 is 22.5 Å². The summed E-state index contributed by atoms with van der Waals surface area (Å²) in [6, 6.07) is 22.7. The highest BCUT2D eigenvalue weighted by molar-refractivity contribution is 7.99. The number of hydrogen-bond donors (Lipinski definition) is 1. The summed E-state index contributed by atoms with van der Waals surface area (Å²) in [5.41, 5.74) is 2.24. The number of rotatable bonds is 4. The summed E-state index contributed by atoms with van der Waals surface area (Å²) >= 11 is 1.71. The third kappa shape index (κ3) is 3.29. The summed E-state index contributed by atoms with van der Waals surface area (Å²) in [4.78, 5) is 1.23. The van der Waals surface area contributed by atoms with Gasteiger partial charge >= 0.3 is 0 Å². The summed E-state index contributed by atoms with van der Waals surface area (Å²) in [6.45, 7) is 2.10. The fourth-order valence-corrected chi connectivity index (χ4v) is 3.40. The molecule has 21 heavy (non-hydrogen) atoms. The number of fused-ring (bicyclic) bond motifs is 1. The summed E-state index contributed by atoms with van der Waals surface area (Å²) in [5.74, 6) is 0.670. The molecule has 0 aliphatic heterocycles. The smallest absolute Gasteiger partial charge is 0.0884 e. The Balaban J connectivity index is 1.75. The quantitative estimate of drug-likeness (QED) is 0.685. The van der Waals surface area contributed by atoms with E-state index in [0.29, 0.717) is 5.75 Å². The Bertz CT molecular complexity index is 751. The highest BCUT2D eigenvalue weighted by atomic mass is 32.2. The first-order valence-electron chi connectivity index (χ1n) is 7.09. The first-order valence-corrected chi connectivity index (χ1v) is 8.08. The minimum atomic E-state index is -0.445. The van der Waals surface area contributed by atoms with Crippen LogP contribution in [0.4, 0.5) is 0 Å². The van der Waals surface area contributed by atoms with Gasteiger partial charge in [0, 0.05) is 10.6 Å². The van der Waals surface area contributed by atoms with E-state index in [9.17, 15) is 5.11 Å². The monoisotopic (exact) mass is 294 g/mol. The van der Waals surface area contributed by atoms with Crippen LogP contribution in [0.15, 0.2) is 71.6 Å². The van der Waals surface area contributed by atoms with Gasteiger partial charge in [0.15, 0.2) is 0 Å². The van der Waals surface area contributed by atoms with Crippen LogP contribution in [0, 0.1) is 6.92 Å². The molecule has 106 valence electrons. The molecule has 0 amide bonds. The summed E-state index contributed by atoms with van der Waals surface area (Å²) in [6.07, 6.45) is -0.445. The van der Waals surface area contributed by atoms with Crippen LogP contribution >= 0.6 is 11.8 Å². The van der Waals surface area contributed by atoms with E-state index < -0.39 is 6.10 Å². The number of hydrogen-bond acceptors (Lipinski definition) is 2. The van der Waals surface area contributed by atoms with Gasteiger partial charge in [-0.05, 0) is 41.0 Å². The molecule has 1 unspecified atom stereocenters. The highest BCUT2D eigenvalue weighted by Crippen LogP contribution is 2.28. The maximum Gasteiger partial charge on any atom is 0.0884 e. The number of benzene rings is 3. The molecule has 0 saturated carbocycles. The van der Waals surface area contributed by atoms with E-state index in [1.165, 1.54) is 21.2 Å². The standard InChI is InChI=1S/C19H18OS/c1-14-6-2-5-9-19(14)21-13-18(20)17-11-10-15-7-3-4-8-16(15)12-17/h2-12,18,20H,13H2,1H3. The van der Waals surface area contributed by atoms with Crippen LogP contribution in [0.5, 0.6) is 0 Å². The first-order chi connectivity index (χ1) is 10.2. The van der Waals surface area contributed by atoms with E-state index in [1.54, 1.807) is 11.8 Å². The summed E-state index contributed by atoms with van der Waals surface area (Å²) in [7, 11) is 0. The summed E-state index contributed by atoms with van der Waals surface area (Å²) in [5, 5.41) is 12.8. The van der Waals surface area contributed by atoms with Gasteiger partial charge in [0.2, 0.25) is 0 Å². The van der Waals surface area contributed by atoms with Gasteiger partial charge in [0.25, 0.3) is 0 Å². The van der Waals surface area contributed by atoms with Crippen molar-refractivity contribution in [1.29, 1.82) is 0 Å². The molecule has 1 N–H and O–H groups in total. The molecule has 1 nitrogen and oxygen atoms in total. The fraction of sp³-hybridized carbons (Fsp3) is 0.158. The van der Waals surface area contributed by atoms with Gasteiger partial charge in [-0.25, -0.2) is 0 Å². The van der Waals surface area contributed by atoms with Crippen molar-refractivity contribution in [3.63, 3.8) is 0 Å². The van der Waals surface area contributed by atoms with Crippen molar-refractivity contribution in [2.75, 3.05) is 5.75 Å². The Morgan fingerprint density at radius 1 is 0.905 bits per heavy atom. The van der Waals surface area contributed by atoms with Crippen molar-refractivity contribution < 1.29 is 5.11 Å². The van der Waals surface area contributed by atoms with Crippen LogP contribution < -0.4 is 0 Å². The van der Waals surface area contributed by atoms with Gasteiger partial charge in [-0.2, -0.15) is 0 Å². The van der Waals surface area contributed by atoms with Crippen molar-refractivity contribution in [2.45, 2.75) is 17.9 Å². The van der Waals surface area contributed by atoms with E-state index >= 15 is 0 Å². The zero-order valence-corrected chi connectivity index (χ0v) is 12.8. The van der Waals surface area contributed by atoms with Gasteiger partial charge < -0.3 is 5.11 Å². The lowest BCUT2D eigenvalue weighted by atomic mass is 10.0. The molecular weight excluding hydrogens is 276 g/mol. The maximum atomic E-state index is 10.4. The van der Waals surface area contributed by atoms with E-state index in [1.807, 2.05) is 30.3 Å². The first kappa shape index (κ1) is 14.2. The maximum absolute atomic E-state index is 10.4. The van der Waals surface area contributed by atoms with Crippen LogP contribution in [0.25, 0.3) is 10.8 Å². The molecular formula is C19H18OS. The lowest BCUT2D eigenvalue weighted by Gasteiger charge is -2.12. The predicted octanol–water partition coefficient (Wildman–Crippen LogP) is 4.97. The van der Waals surface area contributed by atoms with Crippen molar-refractivity contribution in [3.8, 4) is 0 Å². The Kier molecular flexibility index (Phi) is 4.28. The van der Waals surface area contributed by atoms with Crippen molar-refractivity contribution in [1.82, 2.24) is 0 Å². The van der Waals surface area contributed by atoms with Gasteiger partial charge in [-0.15, -0.1) is 11.8 Å². The number of thioether (sulfide) groups is 1. The van der Waals surface area contributed by atoms with Crippen LogP contribution in [0.3, 0.4) is 0 Å². The van der Waals surface area contributed by atoms with Gasteiger partial charge in [0.05, 0.1) is 6.10 Å². The predicted molar refractivity (Wildman–Crippen MR) is 90.8 cm³/mol. The summed E-state index contributed by atoms with van der Waals surface area (Å²) < 4.78 is 0. The van der Waals surface area contributed by atoms with Crippen LogP contribution in [-0.2, 0) is 0 Å². The second-order valence-corrected chi connectivity index (χ2v) is 6.26. The number of aliphatic hydroxyl groups is 1. The Hall–Kier alpha value is -1.77. The van der Waals surface area contributed by atoms with Gasteiger partial charge in [-0.1, -0.05) is 54.6 Å². The van der Waals surface area contributed by atoms with E-state index in [2.05, 4.69) is 43.3 Å². The van der Waals surface area contributed by atoms with Crippen LogP contribution in [0.2, 0.25) is 0 Å². The molecule has 2 heteroatoms. The second kappa shape index (κ2) is 6.33. The van der Waals surface area contributed by atoms with Crippen LogP contribution in [-0.4, -0.2) is 10.9 Å². The number of aryl methyl sites for hydroxylation is 1. The van der Waals surface area contributed by atoms with Gasteiger partial charge in [0.1, 0.15) is 0 Å². The SMILES string of the molecule is Cc1ccccc1SCC(O)c1ccc2ccccc2c1. The van der Waals surface area contributed by atoms with Crippen molar-refractivity contribution in [2.24, 2.45) is 0 Å². The zero-order chi connectivity index (χ0) is 14.7. The molecule has 0 aliphatic rings. The Morgan fingerprint density at radius 3 is 2.43 bits per heavy atom. The minimum absolute atomic E-state index is 0.445. The van der Waals surface area contributed by atoms with E-state index in [-0.39, 0.29) is 0 Å². The molecule has 0 fully saturated rings. The normalized spacial score (nSPS) is 12.5. The second-order valence-electron chi connectivity index (χ2n) is 5.20. The average molecular weight is 294 g/mol. The lowest BCUT2D eigenvalue weighted by molar-refractivity contribution is 0.204. The Labute approximate surface area is 129 Å². The molecule has 3 rings (SSSR count). The average Bonchev–Trinajstić information content (AvgIpc) is 2.53. The largest absolute Gasteiger partial charge is 0.388 e. The highest BCUT2D eigenvalue weighted by Gasteiger charge is 2.09.